The predicted molar refractivity (Wildman–Crippen MR) is 88.5 cm³/mol. The fourth-order valence-electron chi connectivity index (χ4n) is 3.88. The van der Waals surface area contributed by atoms with Crippen LogP contribution in [0.5, 0.6) is 0 Å². The molecule has 1 saturated carbocycles. The lowest BCUT2D eigenvalue weighted by Gasteiger charge is -2.32. The molecule has 1 aliphatic rings. The maximum Gasteiger partial charge on any atom is 0.260 e. The molecule has 1 heterocycles. The van der Waals surface area contributed by atoms with Crippen LogP contribution in [0, 0.1) is 5.92 Å². The Bertz CT molecular complexity index is 683. The van der Waals surface area contributed by atoms with Gasteiger partial charge in [0.1, 0.15) is 5.82 Å². The molecule has 3 rings (SSSR count). The van der Waals surface area contributed by atoms with Crippen LogP contribution in [0.2, 0.25) is 0 Å². The van der Waals surface area contributed by atoms with Gasteiger partial charge in [-0.3, -0.25) is 9.36 Å². The minimum Gasteiger partial charge on any atom is -0.385 e. The van der Waals surface area contributed by atoms with Crippen molar-refractivity contribution in [1.29, 1.82) is 0 Å². The van der Waals surface area contributed by atoms with E-state index in [4.69, 9.17) is 5.73 Å². The van der Waals surface area contributed by atoms with Gasteiger partial charge in [-0.2, -0.15) is 0 Å². The fraction of sp³-hybridized carbons (Fsp3) is 0.500. The van der Waals surface area contributed by atoms with Crippen molar-refractivity contribution < 1.29 is 0 Å². The second-order valence-electron chi connectivity index (χ2n) is 6.21. The standard InChI is InChI=1S/C18H24N2O/c1-2-16(13-8-4-3-5-9-13)20-17(19)12-14-10-6-7-11-15(14)18(20)21/h6-7,10-13,16H,2-5,8-9,19H2,1H3. The maximum atomic E-state index is 12.9. The first-order chi connectivity index (χ1) is 10.2. The molecule has 1 unspecified atom stereocenters. The van der Waals surface area contributed by atoms with E-state index in [0.717, 1.165) is 17.2 Å². The maximum absolute atomic E-state index is 12.9. The Kier molecular flexibility index (Phi) is 4.00. The van der Waals surface area contributed by atoms with Gasteiger partial charge in [-0.1, -0.05) is 44.4 Å². The lowest BCUT2D eigenvalue weighted by molar-refractivity contribution is 0.242. The molecule has 0 bridgehead atoms. The van der Waals surface area contributed by atoms with Gasteiger partial charge < -0.3 is 5.73 Å². The van der Waals surface area contributed by atoms with Crippen molar-refractivity contribution in [3.63, 3.8) is 0 Å². The van der Waals surface area contributed by atoms with Gasteiger partial charge in [0.05, 0.1) is 0 Å². The number of benzene rings is 1. The van der Waals surface area contributed by atoms with Crippen molar-refractivity contribution >= 4 is 16.6 Å². The molecule has 2 N–H and O–H groups in total. The minimum atomic E-state index is 0.0722. The number of pyridine rings is 1. The highest BCUT2D eigenvalue weighted by atomic mass is 16.1. The summed E-state index contributed by atoms with van der Waals surface area (Å²) < 4.78 is 1.86. The van der Waals surface area contributed by atoms with Crippen LogP contribution in [0.15, 0.2) is 35.1 Å². The van der Waals surface area contributed by atoms with Gasteiger partial charge in [0.15, 0.2) is 0 Å². The highest BCUT2D eigenvalue weighted by Gasteiger charge is 2.26. The van der Waals surface area contributed by atoms with Crippen LogP contribution in [-0.4, -0.2) is 4.57 Å². The van der Waals surface area contributed by atoms with Gasteiger partial charge in [0.2, 0.25) is 0 Å². The van der Waals surface area contributed by atoms with E-state index in [1.807, 2.05) is 34.9 Å². The van der Waals surface area contributed by atoms with E-state index >= 15 is 0 Å². The van der Waals surface area contributed by atoms with E-state index in [2.05, 4.69) is 6.92 Å². The van der Waals surface area contributed by atoms with Gasteiger partial charge in [-0.25, -0.2) is 0 Å². The van der Waals surface area contributed by atoms with E-state index < -0.39 is 0 Å². The molecule has 21 heavy (non-hydrogen) atoms. The van der Waals surface area contributed by atoms with Crippen LogP contribution in [0.1, 0.15) is 51.5 Å². The van der Waals surface area contributed by atoms with E-state index in [1.165, 1.54) is 32.1 Å². The van der Waals surface area contributed by atoms with Crippen molar-refractivity contribution in [1.82, 2.24) is 4.57 Å². The fourth-order valence-corrected chi connectivity index (χ4v) is 3.88. The smallest absolute Gasteiger partial charge is 0.260 e. The van der Waals surface area contributed by atoms with Gasteiger partial charge in [0.25, 0.3) is 5.56 Å². The third-order valence-corrected chi connectivity index (χ3v) is 4.94. The van der Waals surface area contributed by atoms with Crippen molar-refractivity contribution in [2.24, 2.45) is 5.92 Å². The van der Waals surface area contributed by atoms with Gasteiger partial charge in [-0.05, 0) is 42.7 Å². The lowest BCUT2D eigenvalue weighted by Crippen LogP contribution is -2.32. The third-order valence-electron chi connectivity index (χ3n) is 4.94. The number of hydrogen-bond acceptors (Lipinski definition) is 2. The first-order valence-corrected chi connectivity index (χ1v) is 8.12. The Morgan fingerprint density at radius 3 is 2.67 bits per heavy atom. The minimum absolute atomic E-state index is 0.0722. The zero-order chi connectivity index (χ0) is 14.8. The van der Waals surface area contributed by atoms with Gasteiger partial charge in [0, 0.05) is 11.4 Å². The molecule has 0 amide bonds. The summed E-state index contributed by atoms with van der Waals surface area (Å²) >= 11 is 0. The highest BCUT2D eigenvalue weighted by Crippen LogP contribution is 2.35. The van der Waals surface area contributed by atoms with Crippen LogP contribution < -0.4 is 11.3 Å². The molecule has 112 valence electrons. The summed E-state index contributed by atoms with van der Waals surface area (Å²) in [4.78, 5) is 12.9. The van der Waals surface area contributed by atoms with Crippen LogP contribution >= 0.6 is 0 Å². The summed E-state index contributed by atoms with van der Waals surface area (Å²) in [5, 5.41) is 1.72. The number of nitrogen functional groups attached to an aromatic ring is 1. The second kappa shape index (κ2) is 5.92. The normalized spacial score (nSPS) is 18.0. The molecule has 3 heteroatoms. The number of nitrogens with two attached hydrogens (primary N) is 1. The third kappa shape index (κ3) is 2.57. The van der Waals surface area contributed by atoms with Crippen molar-refractivity contribution in [2.45, 2.75) is 51.5 Å². The monoisotopic (exact) mass is 284 g/mol. The summed E-state index contributed by atoms with van der Waals surface area (Å²) in [6.45, 7) is 2.17. The van der Waals surface area contributed by atoms with Crippen LogP contribution in [0.25, 0.3) is 10.8 Å². The topological polar surface area (TPSA) is 48.0 Å². The molecule has 1 atom stereocenters. The first-order valence-electron chi connectivity index (χ1n) is 8.12. The predicted octanol–water partition coefficient (Wildman–Crippen LogP) is 4.12. The summed E-state index contributed by atoms with van der Waals surface area (Å²) in [7, 11) is 0. The quantitative estimate of drug-likeness (QED) is 0.921. The Balaban J connectivity index is 2.11. The van der Waals surface area contributed by atoms with Crippen molar-refractivity contribution in [3.8, 4) is 0 Å². The molecule has 0 radical (unpaired) electrons. The molecule has 1 aliphatic carbocycles. The molecular weight excluding hydrogens is 260 g/mol. The number of nitrogens with zero attached hydrogens (tertiary/aromatic N) is 1. The summed E-state index contributed by atoms with van der Waals surface area (Å²) in [6.07, 6.45) is 7.30. The van der Waals surface area contributed by atoms with Crippen molar-refractivity contribution in [3.05, 3.63) is 40.7 Å². The Morgan fingerprint density at radius 1 is 1.24 bits per heavy atom. The van der Waals surface area contributed by atoms with E-state index in [9.17, 15) is 4.79 Å². The molecule has 1 fully saturated rings. The molecular formula is C18H24N2O. The SMILES string of the molecule is CCC(C1CCCCC1)n1c(N)cc2ccccc2c1=O. The average Bonchev–Trinajstić information content (AvgIpc) is 2.52. The summed E-state index contributed by atoms with van der Waals surface area (Å²) in [6, 6.07) is 9.92. The molecule has 2 aromatic rings. The summed E-state index contributed by atoms with van der Waals surface area (Å²) in [5.74, 6) is 1.20. The van der Waals surface area contributed by atoms with Gasteiger partial charge in [-0.15, -0.1) is 0 Å². The van der Waals surface area contributed by atoms with E-state index in [0.29, 0.717) is 11.7 Å². The highest BCUT2D eigenvalue weighted by molar-refractivity contribution is 5.83. The molecule has 1 aromatic carbocycles. The Morgan fingerprint density at radius 2 is 1.95 bits per heavy atom. The molecule has 3 nitrogen and oxygen atoms in total. The Labute approximate surface area is 125 Å². The van der Waals surface area contributed by atoms with E-state index in [1.54, 1.807) is 0 Å². The number of fused-ring (bicyclic) bond motifs is 1. The number of hydrogen-bond donors (Lipinski definition) is 1. The zero-order valence-electron chi connectivity index (χ0n) is 12.7. The number of aromatic nitrogens is 1. The number of rotatable bonds is 3. The molecule has 0 spiro atoms. The van der Waals surface area contributed by atoms with Crippen molar-refractivity contribution in [2.75, 3.05) is 5.73 Å². The average molecular weight is 284 g/mol. The second-order valence-corrected chi connectivity index (χ2v) is 6.21. The Hall–Kier alpha value is -1.77. The van der Waals surface area contributed by atoms with Crippen LogP contribution in [0.4, 0.5) is 5.82 Å². The first kappa shape index (κ1) is 14.2. The van der Waals surface area contributed by atoms with Gasteiger partial charge >= 0.3 is 0 Å². The van der Waals surface area contributed by atoms with Crippen LogP contribution in [-0.2, 0) is 0 Å². The number of anilines is 1. The lowest BCUT2D eigenvalue weighted by atomic mass is 9.82. The molecule has 1 aromatic heterocycles. The summed E-state index contributed by atoms with van der Waals surface area (Å²) in [5.41, 5.74) is 6.31. The largest absolute Gasteiger partial charge is 0.385 e. The van der Waals surface area contributed by atoms with E-state index in [-0.39, 0.29) is 11.6 Å². The molecule has 0 saturated heterocycles. The van der Waals surface area contributed by atoms with Crippen LogP contribution in [0.3, 0.4) is 0 Å². The zero-order valence-corrected chi connectivity index (χ0v) is 12.7. The molecule has 0 aliphatic heterocycles.